The van der Waals surface area contributed by atoms with Gasteiger partial charge < -0.3 is 11.1 Å². The van der Waals surface area contributed by atoms with Gasteiger partial charge in [0.2, 0.25) is 5.91 Å². The van der Waals surface area contributed by atoms with Crippen LogP contribution in [0.2, 0.25) is 10.0 Å². The molecule has 0 aliphatic rings. The maximum atomic E-state index is 12.3. The Morgan fingerprint density at radius 3 is 2.45 bits per heavy atom. The summed E-state index contributed by atoms with van der Waals surface area (Å²) in [6, 6.07) is 14.3. The third kappa shape index (κ3) is 3.51. The number of hydrogen-bond donors (Lipinski definition) is 2. The first kappa shape index (κ1) is 14.9. The van der Waals surface area contributed by atoms with Crippen molar-refractivity contribution in [3.05, 3.63) is 64.1 Å². The second kappa shape index (κ2) is 6.75. The van der Waals surface area contributed by atoms with Crippen LogP contribution in [-0.4, -0.2) is 12.5 Å². The predicted molar refractivity (Wildman–Crippen MR) is 83.3 cm³/mol. The molecule has 0 heterocycles. The maximum Gasteiger partial charge on any atom is 0.233 e. The summed E-state index contributed by atoms with van der Waals surface area (Å²) >= 11 is 11.9. The quantitative estimate of drug-likeness (QED) is 0.905. The highest BCUT2D eigenvalue weighted by Gasteiger charge is 2.19. The maximum absolute atomic E-state index is 12.3. The molecule has 2 aromatic carbocycles. The molecule has 1 atom stereocenters. The number of benzene rings is 2. The van der Waals surface area contributed by atoms with Gasteiger partial charge in [0.15, 0.2) is 0 Å². The molecule has 104 valence electrons. The second-order valence-electron chi connectivity index (χ2n) is 4.31. The van der Waals surface area contributed by atoms with E-state index in [9.17, 15) is 4.79 Å². The van der Waals surface area contributed by atoms with Gasteiger partial charge in [0, 0.05) is 11.6 Å². The van der Waals surface area contributed by atoms with Crippen molar-refractivity contribution in [1.82, 2.24) is 0 Å². The van der Waals surface area contributed by atoms with Gasteiger partial charge >= 0.3 is 0 Å². The van der Waals surface area contributed by atoms with Crippen molar-refractivity contribution in [3.63, 3.8) is 0 Å². The van der Waals surface area contributed by atoms with Crippen molar-refractivity contribution in [2.75, 3.05) is 11.9 Å². The lowest BCUT2D eigenvalue weighted by Crippen LogP contribution is -2.27. The molecule has 0 saturated carbocycles. The van der Waals surface area contributed by atoms with Gasteiger partial charge in [-0.1, -0.05) is 53.5 Å². The molecule has 0 spiro atoms. The molecule has 0 bridgehead atoms. The number of rotatable bonds is 4. The summed E-state index contributed by atoms with van der Waals surface area (Å²) in [5, 5.41) is 3.70. The summed E-state index contributed by atoms with van der Waals surface area (Å²) in [5.74, 6) is -0.606. The van der Waals surface area contributed by atoms with Gasteiger partial charge in [-0.05, 0) is 23.8 Å². The standard InChI is InChI=1S/C15H14Cl2N2O/c16-11-6-7-14(13(17)8-11)19-15(20)12(9-18)10-4-2-1-3-5-10/h1-8,12H,9,18H2,(H,19,20). The molecule has 3 nitrogen and oxygen atoms in total. The summed E-state index contributed by atoms with van der Waals surface area (Å²) in [5.41, 5.74) is 7.10. The van der Waals surface area contributed by atoms with E-state index in [0.717, 1.165) is 5.56 Å². The lowest BCUT2D eigenvalue weighted by Gasteiger charge is -2.16. The molecular formula is C15H14Cl2N2O. The molecule has 0 aromatic heterocycles. The fourth-order valence-electron chi connectivity index (χ4n) is 1.89. The van der Waals surface area contributed by atoms with Crippen LogP contribution >= 0.6 is 23.2 Å². The number of nitrogens with two attached hydrogens (primary N) is 1. The number of amides is 1. The van der Waals surface area contributed by atoms with Crippen LogP contribution in [0.1, 0.15) is 11.5 Å². The highest BCUT2D eigenvalue weighted by Crippen LogP contribution is 2.26. The lowest BCUT2D eigenvalue weighted by molar-refractivity contribution is -0.117. The molecule has 2 aromatic rings. The number of halogens is 2. The SMILES string of the molecule is NCC(C(=O)Nc1ccc(Cl)cc1Cl)c1ccccc1. The molecule has 20 heavy (non-hydrogen) atoms. The Hall–Kier alpha value is -1.55. The zero-order valence-electron chi connectivity index (χ0n) is 10.6. The minimum absolute atomic E-state index is 0.192. The third-order valence-corrected chi connectivity index (χ3v) is 3.49. The normalized spacial score (nSPS) is 11.9. The van der Waals surface area contributed by atoms with Crippen LogP contribution in [0.15, 0.2) is 48.5 Å². The fraction of sp³-hybridized carbons (Fsp3) is 0.133. The summed E-state index contributed by atoms with van der Waals surface area (Å²) in [4.78, 5) is 12.3. The third-order valence-electron chi connectivity index (χ3n) is 2.94. The van der Waals surface area contributed by atoms with Crippen molar-refractivity contribution >= 4 is 34.8 Å². The Morgan fingerprint density at radius 2 is 1.85 bits per heavy atom. The molecule has 3 N–H and O–H groups in total. The van der Waals surface area contributed by atoms with E-state index in [1.807, 2.05) is 30.3 Å². The summed E-state index contributed by atoms with van der Waals surface area (Å²) < 4.78 is 0. The van der Waals surface area contributed by atoms with Crippen LogP contribution in [-0.2, 0) is 4.79 Å². The van der Waals surface area contributed by atoms with Crippen LogP contribution in [0.5, 0.6) is 0 Å². The molecular weight excluding hydrogens is 295 g/mol. The number of carbonyl (C=O) groups is 1. The smallest absolute Gasteiger partial charge is 0.233 e. The Balaban J connectivity index is 2.18. The number of hydrogen-bond acceptors (Lipinski definition) is 2. The molecule has 0 fully saturated rings. The van der Waals surface area contributed by atoms with Gasteiger partial charge in [-0.3, -0.25) is 4.79 Å². The number of nitrogens with one attached hydrogen (secondary N) is 1. The minimum Gasteiger partial charge on any atom is -0.329 e. The van der Waals surface area contributed by atoms with E-state index in [1.165, 1.54) is 0 Å². The summed E-state index contributed by atoms with van der Waals surface area (Å²) in [7, 11) is 0. The van der Waals surface area contributed by atoms with E-state index in [4.69, 9.17) is 28.9 Å². The highest BCUT2D eigenvalue weighted by molar-refractivity contribution is 6.36. The highest BCUT2D eigenvalue weighted by atomic mass is 35.5. The molecule has 5 heteroatoms. The summed E-state index contributed by atoms with van der Waals surface area (Å²) in [6.45, 7) is 0.223. The zero-order valence-corrected chi connectivity index (χ0v) is 12.2. The van der Waals surface area contributed by atoms with Crippen LogP contribution in [0, 0.1) is 0 Å². The molecule has 1 unspecified atom stereocenters. The van der Waals surface area contributed by atoms with E-state index in [0.29, 0.717) is 15.7 Å². The van der Waals surface area contributed by atoms with E-state index < -0.39 is 5.92 Å². The van der Waals surface area contributed by atoms with Crippen molar-refractivity contribution in [2.45, 2.75) is 5.92 Å². The summed E-state index contributed by atoms with van der Waals surface area (Å²) in [6.07, 6.45) is 0. The fourth-order valence-corrected chi connectivity index (χ4v) is 2.35. The van der Waals surface area contributed by atoms with Gasteiger partial charge in [0.05, 0.1) is 16.6 Å². The van der Waals surface area contributed by atoms with Gasteiger partial charge in [0.25, 0.3) is 0 Å². The second-order valence-corrected chi connectivity index (χ2v) is 5.16. The van der Waals surface area contributed by atoms with Crippen molar-refractivity contribution in [2.24, 2.45) is 5.73 Å². The Labute approximate surface area is 127 Å². The molecule has 0 aliphatic carbocycles. The van der Waals surface area contributed by atoms with Crippen LogP contribution < -0.4 is 11.1 Å². The molecule has 0 saturated heterocycles. The van der Waals surface area contributed by atoms with Crippen molar-refractivity contribution in [3.8, 4) is 0 Å². The predicted octanol–water partition coefficient (Wildman–Crippen LogP) is 3.67. The number of anilines is 1. The van der Waals surface area contributed by atoms with E-state index in [2.05, 4.69) is 5.32 Å². The molecule has 1 amide bonds. The Kier molecular flexibility index (Phi) is 5.01. The minimum atomic E-state index is -0.414. The Bertz CT molecular complexity index is 602. The first-order valence-corrected chi connectivity index (χ1v) is 6.88. The van der Waals surface area contributed by atoms with E-state index in [1.54, 1.807) is 18.2 Å². The van der Waals surface area contributed by atoms with Crippen LogP contribution in [0.25, 0.3) is 0 Å². The van der Waals surface area contributed by atoms with E-state index >= 15 is 0 Å². The molecule has 0 radical (unpaired) electrons. The Morgan fingerprint density at radius 1 is 1.15 bits per heavy atom. The van der Waals surface area contributed by atoms with Gasteiger partial charge in [0.1, 0.15) is 0 Å². The van der Waals surface area contributed by atoms with Gasteiger partial charge in [-0.2, -0.15) is 0 Å². The van der Waals surface area contributed by atoms with Crippen molar-refractivity contribution < 1.29 is 4.79 Å². The average molecular weight is 309 g/mol. The number of carbonyl (C=O) groups excluding carboxylic acids is 1. The monoisotopic (exact) mass is 308 g/mol. The largest absolute Gasteiger partial charge is 0.329 e. The topological polar surface area (TPSA) is 55.1 Å². The average Bonchev–Trinajstić information content (AvgIpc) is 2.44. The van der Waals surface area contributed by atoms with Crippen molar-refractivity contribution in [1.29, 1.82) is 0 Å². The zero-order chi connectivity index (χ0) is 14.5. The lowest BCUT2D eigenvalue weighted by atomic mass is 9.98. The van der Waals surface area contributed by atoms with Gasteiger partial charge in [-0.25, -0.2) is 0 Å². The molecule has 2 rings (SSSR count). The first-order valence-electron chi connectivity index (χ1n) is 6.12. The van der Waals surface area contributed by atoms with E-state index in [-0.39, 0.29) is 12.5 Å². The van der Waals surface area contributed by atoms with Gasteiger partial charge in [-0.15, -0.1) is 0 Å². The van der Waals surface area contributed by atoms with Crippen LogP contribution in [0.3, 0.4) is 0 Å². The van der Waals surface area contributed by atoms with Crippen LogP contribution in [0.4, 0.5) is 5.69 Å². The first-order chi connectivity index (χ1) is 9.61. The molecule has 0 aliphatic heterocycles.